The summed E-state index contributed by atoms with van der Waals surface area (Å²) in [6.45, 7) is 2.25. The molecule has 1 aliphatic carbocycles. The van der Waals surface area contributed by atoms with Crippen molar-refractivity contribution in [1.29, 1.82) is 0 Å². The molecule has 0 saturated heterocycles. The van der Waals surface area contributed by atoms with Gasteiger partial charge in [0.1, 0.15) is 11.6 Å². The fourth-order valence-corrected chi connectivity index (χ4v) is 4.05. The number of fused-ring (bicyclic) bond motifs is 1. The van der Waals surface area contributed by atoms with E-state index in [0.717, 1.165) is 18.4 Å². The molecule has 1 aromatic carbocycles. The zero-order valence-corrected chi connectivity index (χ0v) is 18.2. The molecule has 5 rings (SSSR count). The van der Waals surface area contributed by atoms with E-state index in [4.69, 9.17) is 4.74 Å². The topological polar surface area (TPSA) is 113 Å². The number of methoxy groups -OCH3 is 1. The van der Waals surface area contributed by atoms with Crippen LogP contribution in [0.3, 0.4) is 0 Å². The van der Waals surface area contributed by atoms with Crippen molar-refractivity contribution in [3.05, 3.63) is 47.0 Å². The number of Topliss-reactive ketones (excluding diaryl/α,β-unsaturated/α-hetero) is 1. The number of carbonyl (C=O) groups excluding carboxylic acids is 2. The summed E-state index contributed by atoms with van der Waals surface area (Å²) in [5.74, 6) is 2.05. The normalized spacial score (nSPS) is 15.1. The van der Waals surface area contributed by atoms with Crippen molar-refractivity contribution in [3.8, 4) is 17.1 Å². The molecule has 1 saturated carbocycles. The highest BCUT2D eigenvalue weighted by Gasteiger charge is 2.33. The van der Waals surface area contributed by atoms with E-state index < -0.39 is 0 Å². The molecule has 0 radical (unpaired) electrons. The molecule has 164 valence electrons. The molecule has 0 atom stereocenters. The lowest BCUT2D eigenvalue weighted by atomic mass is 10.1. The molecule has 2 aromatic heterocycles. The molecular weight excluding hydrogens is 408 g/mol. The first-order valence-corrected chi connectivity index (χ1v) is 10.6. The number of hydrogen-bond acceptors (Lipinski definition) is 7. The number of ketones is 1. The molecule has 3 aromatic rings. The number of para-hydroxylation sites is 1. The molecule has 9 nitrogen and oxygen atoms in total. The predicted molar refractivity (Wildman–Crippen MR) is 118 cm³/mol. The van der Waals surface area contributed by atoms with Crippen LogP contribution in [0.2, 0.25) is 0 Å². The van der Waals surface area contributed by atoms with Crippen molar-refractivity contribution in [2.24, 2.45) is 5.92 Å². The minimum atomic E-state index is -0.102. The van der Waals surface area contributed by atoms with Gasteiger partial charge in [0.15, 0.2) is 11.6 Å². The van der Waals surface area contributed by atoms with E-state index in [1.165, 1.54) is 0 Å². The Labute approximate surface area is 185 Å². The number of benzene rings is 1. The molecule has 1 aliphatic heterocycles. The lowest BCUT2D eigenvalue weighted by molar-refractivity contribution is -0.119. The zero-order valence-electron chi connectivity index (χ0n) is 18.2. The molecule has 2 N–H and O–H groups in total. The van der Waals surface area contributed by atoms with E-state index >= 15 is 0 Å². The molecule has 1 amide bonds. The fourth-order valence-electron chi connectivity index (χ4n) is 4.05. The number of anilines is 2. The number of aryl methyl sites for hydroxylation is 1. The Hall–Kier alpha value is -3.75. The summed E-state index contributed by atoms with van der Waals surface area (Å²) < 4.78 is 5.69. The van der Waals surface area contributed by atoms with Gasteiger partial charge in [0.25, 0.3) is 5.91 Å². The maximum absolute atomic E-state index is 12.8. The third-order valence-corrected chi connectivity index (χ3v) is 5.81. The van der Waals surface area contributed by atoms with Crippen molar-refractivity contribution < 1.29 is 14.3 Å². The molecule has 2 aliphatic rings. The first-order valence-electron chi connectivity index (χ1n) is 10.6. The SMILES string of the molecule is COc1c(Nc2cc(CC(=O)C3CC3)nc3c2C(=O)N(C)C3)cccc1-c1n[nH]c(C)n1. The first kappa shape index (κ1) is 20.2. The summed E-state index contributed by atoms with van der Waals surface area (Å²) >= 11 is 0. The molecule has 32 heavy (non-hydrogen) atoms. The summed E-state index contributed by atoms with van der Waals surface area (Å²) in [6, 6.07) is 7.42. The Kier molecular flexibility index (Phi) is 4.88. The maximum atomic E-state index is 12.8. The number of nitrogens with zero attached hydrogens (tertiary/aromatic N) is 4. The van der Waals surface area contributed by atoms with Crippen molar-refractivity contribution in [2.45, 2.75) is 32.7 Å². The van der Waals surface area contributed by atoms with Crippen molar-refractivity contribution in [2.75, 3.05) is 19.5 Å². The summed E-state index contributed by atoms with van der Waals surface area (Å²) in [4.78, 5) is 35.9. The molecular formula is C23H24N6O3. The van der Waals surface area contributed by atoms with E-state index in [2.05, 4.69) is 25.5 Å². The predicted octanol–water partition coefficient (Wildman–Crippen LogP) is 3.03. The van der Waals surface area contributed by atoms with Crippen LogP contribution in [0.5, 0.6) is 5.75 Å². The Balaban J connectivity index is 1.55. The van der Waals surface area contributed by atoms with E-state index in [-0.39, 0.29) is 24.0 Å². The van der Waals surface area contributed by atoms with E-state index in [1.807, 2.05) is 25.1 Å². The maximum Gasteiger partial charge on any atom is 0.257 e. The Morgan fingerprint density at radius 3 is 2.78 bits per heavy atom. The van der Waals surface area contributed by atoms with Crippen LogP contribution in [-0.4, -0.2) is 50.9 Å². The minimum Gasteiger partial charge on any atom is -0.494 e. The van der Waals surface area contributed by atoms with E-state index in [0.29, 0.717) is 52.3 Å². The van der Waals surface area contributed by atoms with Crippen LogP contribution in [0.25, 0.3) is 11.4 Å². The third kappa shape index (κ3) is 3.59. The van der Waals surface area contributed by atoms with Crippen molar-refractivity contribution in [3.63, 3.8) is 0 Å². The average molecular weight is 432 g/mol. The van der Waals surface area contributed by atoms with Gasteiger partial charge in [0.05, 0.1) is 47.5 Å². The van der Waals surface area contributed by atoms with Gasteiger partial charge in [-0.2, -0.15) is 5.10 Å². The average Bonchev–Trinajstić information content (AvgIpc) is 3.47. The van der Waals surface area contributed by atoms with Gasteiger partial charge in [-0.05, 0) is 38.0 Å². The highest BCUT2D eigenvalue weighted by molar-refractivity contribution is 6.04. The quantitative estimate of drug-likeness (QED) is 0.590. The lowest BCUT2D eigenvalue weighted by Crippen LogP contribution is -2.18. The second kappa shape index (κ2) is 7.74. The number of hydrogen-bond donors (Lipinski definition) is 2. The Morgan fingerprint density at radius 1 is 1.28 bits per heavy atom. The number of ether oxygens (including phenoxy) is 1. The van der Waals surface area contributed by atoms with Crippen LogP contribution in [0.15, 0.2) is 24.3 Å². The highest BCUT2D eigenvalue weighted by atomic mass is 16.5. The van der Waals surface area contributed by atoms with Crippen LogP contribution < -0.4 is 10.1 Å². The number of aromatic amines is 1. The largest absolute Gasteiger partial charge is 0.494 e. The fraction of sp³-hybridized carbons (Fsp3) is 0.348. The summed E-state index contributed by atoms with van der Waals surface area (Å²) in [5, 5.41) is 10.4. The van der Waals surface area contributed by atoms with Gasteiger partial charge in [-0.25, -0.2) is 4.98 Å². The molecule has 0 spiro atoms. The lowest BCUT2D eigenvalue weighted by Gasteiger charge is -2.16. The number of pyridine rings is 1. The van der Waals surface area contributed by atoms with Crippen molar-refractivity contribution >= 4 is 23.1 Å². The zero-order chi connectivity index (χ0) is 22.4. The minimum absolute atomic E-state index is 0.102. The van der Waals surface area contributed by atoms with Crippen molar-refractivity contribution in [1.82, 2.24) is 25.1 Å². The molecule has 9 heteroatoms. The summed E-state index contributed by atoms with van der Waals surface area (Å²) in [6.07, 6.45) is 2.19. The van der Waals surface area contributed by atoms with Gasteiger partial charge in [-0.3, -0.25) is 19.7 Å². The number of H-pyrrole nitrogens is 1. The number of amides is 1. The van der Waals surface area contributed by atoms with Crippen LogP contribution in [0, 0.1) is 12.8 Å². The molecule has 1 fully saturated rings. The second-order valence-corrected chi connectivity index (χ2v) is 8.32. The number of aromatic nitrogens is 4. The highest BCUT2D eigenvalue weighted by Crippen LogP contribution is 2.39. The van der Waals surface area contributed by atoms with Crippen LogP contribution >= 0.6 is 0 Å². The standard InChI is InChI=1S/C23H24N6O3/c1-12-24-22(28-27-12)15-5-4-6-16(21(15)32-3)26-17-9-14(10-19(30)13-7-8-13)25-18-11-29(2)23(31)20(17)18/h4-6,9,13H,7-8,10-11H2,1-3H3,(H,25,26)(H,24,27,28). The van der Waals surface area contributed by atoms with Gasteiger partial charge < -0.3 is 15.0 Å². The molecule has 0 bridgehead atoms. The van der Waals surface area contributed by atoms with Crippen LogP contribution in [0.4, 0.5) is 11.4 Å². The van der Waals surface area contributed by atoms with Gasteiger partial charge in [-0.1, -0.05) is 6.07 Å². The number of carbonyl (C=O) groups is 2. The molecule has 0 unspecified atom stereocenters. The van der Waals surface area contributed by atoms with Gasteiger partial charge in [0, 0.05) is 19.4 Å². The van der Waals surface area contributed by atoms with E-state index in [1.54, 1.807) is 25.1 Å². The first-order chi connectivity index (χ1) is 15.4. The van der Waals surface area contributed by atoms with Gasteiger partial charge in [0.2, 0.25) is 0 Å². The third-order valence-electron chi connectivity index (χ3n) is 5.81. The van der Waals surface area contributed by atoms with Crippen LogP contribution in [-0.2, 0) is 17.8 Å². The Bertz CT molecular complexity index is 1230. The summed E-state index contributed by atoms with van der Waals surface area (Å²) in [7, 11) is 3.33. The molecule has 3 heterocycles. The summed E-state index contributed by atoms with van der Waals surface area (Å²) in [5.41, 5.74) is 3.88. The smallest absolute Gasteiger partial charge is 0.257 e. The number of rotatable bonds is 7. The van der Waals surface area contributed by atoms with Crippen LogP contribution in [0.1, 0.15) is 40.4 Å². The second-order valence-electron chi connectivity index (χ2n) is 8.32. The van der Waals surface area contributed by atoms with Gasteiger partial charge >= 0.3 is 0 Å². The van der Waals surface area contributed by atoms with Gasteiger partial charge in [-0.15, -0.1) is 0 Å². The van der Waals surface area contributed by atoms with E-state index in [9.17, 15) is 9.59 Å². The number of nitrogens with one attached hydrogen (secondary N) is 2. The Morgan fingerprint density at radius 2 is 2.09 bits per heavy atom. The monoisotopic (exact) mass is 432 g/mol.